The predicted molar refractivity (Wildman–Crippen MR) is 41.2 cm³/mol. The monoisotopic (exact) mass is 194 g/mol. The van der Waals surface area contributed by atoms with Crippen LogP contribution in [0.2, 0.25) is 0 Å². The second kappa shape index (κ2) is 5.44. The SMILES string of the molecule is O=C([O-])[C@H]1CCCC[C@H]1C(=O)[O-].[Mg+2]. The topological polar surface area (TPSA) is 80.3 Å². The predicted octanol–water partition coefficient (Wildman–Crippen LogP) is -2.09. The van der Waals surface area contributed by atoms with Gasteiger partial charge in [0.05, 0.1) is 0 Å². The van der Waals surface area contributed by atoms with Gasteiger partial charge in [0.2, 0.25) is 0 Å². The molecule has 0 aromatic rings. The smallest absolute Gasteiger partial charge is 0.550 e. The molecule has 0 heterocycles. The van der Waals surface area contributed by atoms with Crippen molar-refractivity contribution in [3.63, 3.8) is 0 Å². The summed E-state index contributed by atoms with van der Waals surface area (Å²) in [5.74, 6) is -4.21. The van der Waals surface area contributed by atoms with E-state index in [-0.39, 0.29) is 23.1 Å². The van der Waals surface area contributed by atoms with Gasteiger partial charge in [0, 0.05) is 23.8 Å². The number of carboxylic acids is 2. The van der Waals surface area contributed by atoms with Crippen molar-refractivity contribution in [2.24, 2.45) is 11.8 Å². The third kappa shape index (κ3) is 3.15. The number of aliphatic carboxylic acids is 2. The molecule has 13 heavy (non-hydrogen) atoms. The van der Waals surface area contributed by atoms with Crippen molar-refractivity contribution in [3.05, 3.63) is 0 Å². The van der Waals surface area contributed by atoms with Crippen LogP contribution < -0.4 is 10.2 Å². The molecule has 0 bridgehead atoms. The second-order valence-electron chi connectivity index (χ2n) is 3.14. The van der Waals surface area contributed by atoms with Crippen molar-refractivity contribution >= 4 is 35.0 Å². The number of rotatable bonds is 2. The number of hydrogen-bond donors (Lipinski definition) is 0. The minimum Gasteiger partial charge on any atom is -0.550 e. The fraction of sp³-hybridized carbons (Fsp3) is 0.750. The van der Waals surface area contributed by atoms with Crippen molar-refractivity contribution in [1.82, 2.24) is 0 Å². The Morgan fingerprint density at radius 2 is 1.23 bits per heavy atom. The summed E-state index contributed by atoms with van der Waals surface area (Å²) in [5.41, 5.74) is 0. The molecule has 0 saturated heterocycles. The first-order valence-electron chi connectivity index (χ1n) is 4.04. The van der Waals surface area contributed by atoms with Gasteiger partial charge in [-0.3, -0.25) is 0 Å². The molecule has 0 aliphatic heterocycles. The van der Waals surface area contributed by atoms with Crippen LogP contribution >= 0.6 is 0 Å². The first-order valence-corrected chi connectivity index (χ1v) is 4.04. The maximum Gasteiger partial charge on any atom is 2.00 e. The van der Waals surface area contributed by atoms with Gasteiger partial charge in [0.25, 0.3) is 0 Å². The minimum atomic E-state index is -1.26. The van der Waals surface area contributed by atoms with Crippen LogP contribution in [-0.2, 0) is 9.59 Å². The van der Waals surface area contributed by atoms with Crippen LogP contribution in [0.3, 0.4) is 0 Å². The van der Waals surface area contributed by atoms with Crippen molar-refractivity contribution < 1.29 is 19.8 Å². The minimum absolute atomic E-state index is 0. The van der Waals surface area contributed by atoms with E-state index in [1.54, 1.807) is 0 Å². The number of carbonyl (C=O) groups excluding carboxylic acids is 2. The molecule has 0 aromatic carbocycles. The summed E-state index contributed by atoms with van der Waals surface area (Å²) in [5, 5.41) is 20.9. The summed E-state index contributed by atoms with van der Waals surface area (Å²) in [6, 6.07) is 0. The van der Waals surface area contributed by atoms with E-state index in [4.69, 9.17) is 0 Å². The molecule has 0 amide bonds. The van der Waals surface area contributed by atoms with E-state index < -0.39 is 23.8 Å². The molecule has 1 rings (SSSR count). The summed E-state index contributed by atoms with van der Waals surface area (Å²) in [7, 11) is 0. The largest absolute Gasteiger partial charge is 2.00 e. The van der Waals surface area contributed by atoms with Gasteiger partial charge < -0.3 is 19.8 Å². The normalized spacial score (nSPS) is 27.4. The molecule has 4 nitrogen and oxygen atoms in total. The maximum atomic E-state index is 10.5. The van der Waals surface area contributed by atoms with Gasteiger partial charge >= 0.3 is 23.1 Å². The zero-order chi connectivity index (χ0) is 9.14. The van der Waals surface area contributed by atoms with Crippen molar-refractivity contribution in [2.75, 3.05) is 0 Å². The van der Waals surface area contributed by atoms with E-state index in [0.717, 1.165) is 12.8 Å². The van der Waals surface area contributed by atoms with Gasteiger partial charge in [-0.05, 0) is 12.8 Å². The fourth-order valence-electron chi connectivity index (χ4n) is 1.70. The molecule has 0 aromatic heterocycles. The summed E-state index contributed by atoms with van der Waals surface area (Å²) in [6.07, 6.45) is 2.34. The summed E-state index contributed by atoms with van der Waals surface area (Å²) in [6.45, 7) is 0. The van der Waals surface area contributed by atoms with Crippen LogP contribution in [0.25, 0.3) is 0 Å². The molecule has 0 unspecified atom stereocenters. The Balaban J connectivity index is 0.00000144. The summed E-state index contributed by atoms with van der Waals surface area (Å²) in [4.78, 5) is 20.9. The van der Waals surface area contributed by atoms with Crippen molar-refractivity contribution in [1.29, 1.82) is 0 Å². The molecular formula is C8H10MgO4. The number of hydrogen-bond acceptors (Lipinski definition) is 4. The average Bonchev–Trinajstić information content (AvgIpc) is 2.04. The van der Waals surface area contributed by atoms with Gasteiger partial charge in [-0.1, -0.05) is 12.8 Å². The first kappa shape index (κ1) is 12.7. The molecule has 1 saturated carbocycles. The van der Waals surface area contributed by atoms with E-state index in [9.17, 15) is 19.8 Å². The quantitative estimate of drug-likeness (QED) is 0.472. The molecule has 5 heteroatoms. The van der Waals surface area contributed by atoms with E-state index in [0.29, 0.717) is 12.8 Å². The zero-order valence-electron chi connectivity index (χ0n) is 7.32. The van der Waals surface area contributed by atoms with Gasteiger partial charge in [0.1, 0.15) is 0 Å². The maximum absolute atomic E-state index is 10.5. The van der Waals surface area contributed by atoms with E-state index in [2.05, 4.69) is 0 Å². The van der Waals surface area contributed by atoms with E-state index >= 15 is 0 Å². The number of carboxylic acid groups (broad SMARTS) is 2. The van der Waals surface area contributed by atoms with Crippen LogP contribution in [0, 0.1) is 11.8 Å². The molecule has 1 aliphatic carbocycles. The van der Waals surface area contributed by atoms with Crippen LogP contribution in [0.1, 0.15) is 25.7 Å². The first-order chi connectivity index (χ1) is 5.63. The molecule has 0 N–H and O–H groups in total. The molecule has 68 valence electrons. The molecule has 0 spiro atoms. The van der Waals surface area contributed by atoms with Crippen LogP contribution in [-0.4, -0.2) is 35.0 Å². The van der Waals surface area contributed by atoms with Crippen LogP contribution in [0.4, 0.5) is 0 Å². The Morgan fingerprint density at radius 3 is 1.46 bits per heavy atom. The van der Waals surface area contributed by atoms with Crippen molar-refractivity contribution in [2.45, 2.75) is 25.7 Å². The molecule has 1 aliphatic rings. The molecule has 0 radical (unpaired) electrons. The zero-order valence-corrected chi connectivity index (χ0v) is 8.74. The Labute approximate surface area is 92.5 Å². The van der Waals surface area contributed by atoms with Crippen LogP contribution in [0.5, 0.6) is 0 Å². The summed E-state index contributed by atoms with van der Waals surface area (Å²) < 4.78 is 0. The van der Waals surface area contributed by atoms with Gasteiger partial charge in [-0.2, -0.15) is 0 Å². The van der Waals surface area contributed by atoms with E-state index in [1.807, 2.05) is 0 Å². The second-order valence-corrected chi connectivity index (χ2v) is 3.14. The summed E-state index contributed by atoms with van der Waals surface area (Å²) >= 11 is 0. The van der Waals surface area contributed by atoms with Gasteiger partial charge in [-0.25, -0.2) is 0 Å². The third-order valence-corrected chi connectivity index (χ3v) is 2.37. The van der Waals surface area contributed by atoms with Gasteiger partial charge in [-0.15, -0.1) is 0 Å². The molecule has 1 fully saturated rings. The van der Waals surface area contributed by atoms with E-state index in [1.165, 1.54) is 0 Å². The van der Waals surface area contributed by atoms with Gasteiger partial charge in [0.15, 0.2) is 0 Å². The Kier molecular flexibility index (Phi) is 5.32. The third-order valence-electron chi connectivity index (χ3n) is 2.37. The van der Waals surface area contributed by atoms with Crippen LogP contribution in [0.15, 0.2) is 0 Å². The Bertz CT molecular complexity index is 182. The fourth-order valence-corrected chi connectivity index (χ4v) is 1.70. The number of carbonyl (C=O) groups is 2. The average molecular weight is 194 g/mol. The Morgan fingerprint density at radius 1 is 0.923 bits per heavy atom. The molecule has 2 atom stereocenters. The standard InChI is InChI=1S/C8H12O4.Mg/c9-7(10)5-3-1-2-4-6(5)8(11)12;/h5-6H,1-4H2,(H,9,10)(H,11,12);/q;+2/p-2/t5-,6+;. The van der Waals surface area contributed by atoms with Crippen molar-refractivity contribution in [3.8, 4) is 0 Å². The molecular weight excluding hydrogens is 184 g/mol. The Hall–Kier alpha value is -0.294.